The molecule has 0 spiro atoms. The lowest BCUT2D eigenvalue weighted by atomic mass is 10.3. The molecule has 1 aliphatic rings. The van der Waals surface area contributed by atoms with Gasteiger partial charge in [-0.1, -0.05) is 12.1 Å². The molecule has 0 radical (unpaired) electrons. The van der Waals surface area contributed by atoms with Crippen LogP contribution >= 0.6 is 12.4 Å². The summed E-state index contributed by atoms with van der Waals surface area (Å²) in [6.45, 7) is 0.892. The fourth-order valence-corrected chi connectivity index (χ4v) is 3.78. The largest absolute Gasteiger partial charge is 0.313 e. The topological polar surface area (TPSA) is 72.0 Å². The molecule has 1 aromatic heterocycles. The van der Waals surface area contributed by atoms with Gasteiger partial charge >= 0.3 is 0 Å². The van der Waals surface area contributed by atoms with Gasteiger partial charge in [0.1, 0.15) is 0 Å². The first-order valence-electron chi connectivity index (χ1n) is 6.33. The van der Waals surface area contributed by atoms with Crippen LogP contribution in [-0.4, -0.2) is 36.7 Å². The normalized spacial score (nSPS) is 18.9. The Morgan fingerprint density at radius 2 is 2.00 bits per heavy atom. The van der Waals surface area contributed by atoms with Crippen molar-refractivity contribution in [3.8, 4) is 0 Å². The molecule has 1 fully saturated rings. The van der Waals surface area contributed by atoms with E-state index in [9.17, 15) is 8.42 Å². The standard InChI is InChI=1S/C13H15N3O2S.ClH/c17-19(18,9-10-4-3-7-14-10)13-8-15-11-5-1-2-6-12(11)16-13;/h1-2,5-6,8,10,14H,3-4,7,9H2;1H. The van der Waals surface area contributed by atoms with E-state index in [1.165, 1.54) is 6.20 Å². The molecule has 108 valence electrons. The number of nitrogens with one attached hydrogen (secondary N) is 1. The Bertz CT molecular complexity index is 700. The van der Waals surface area contributed by atoms with Crippen molar-refractivity contribution in [1.82, 2.24) is 15.3 Å². The van der Waals surface area contributed by atoms with E-state index in [1.54, 1.807) is 6.07 Å². The number of nitrogens with zero attached hydrogens (tertiary/aromatic N) is 2. The van der Waals surface area contributed by atoms with Crippen LogP contribution in [0.15, 0.2) is 35.5 Å². The van der Waals surface area contributed by atoms with Gasteiger partial charge in [0.2, 0.25) is 0 Å². The molecule has 0 amide bonds. The fourth-order valence-electron chi connectivity index (χ4n) is 2.34. The van der Waals surface area contributed by atoms with Crippen LogP contribution in [-0.2, 0) is 9.84 Å². The molecule has 1 unspecified atom stereocenters. The molecular formula is C13H16ClN3O2S. The molecule has 1 aliphatic heterocycles. The molecule has 3 rings (SSSR count). The molecular weight excluding hydrogens is 298 g/mol. The highest BCUT2D eigenvalue weighted by Gasteiger charge is 2.25. The van der Waals surface area contributed by atoms with Crippen LogP contribution in [0.5, 0.6) is 0 Å². The van der Waals surface area contributed by atoms with E-state index in [4.69, 9.17) is 0 Å². The second-order valence-electron chi connectivity index (χ2n) is 4.77. The lowest BCUT2D eigenvalue weighted by Gasteiger charge is -2.10. The Balaban J connectivity index is 0.00000147. The first-order valence-corrected chi connectivity index (χ1v) is 7.98. The summed E-state index contributed by atoms with van der Waals surface area (Å²) in [5.41, 5.74) is 1.32. The Morgan fingerprint density at radius 3 is 2.70 bits per heavy atom. The number of fused-ring (bicyclic) bond motifs is 1. The SMILES string of the molecule is Cl.O=S(=O)(CC1CCCN1)c1cnc2ccccc2n1. The lowest BCUT2D eigenvalue weighted by Crippen LogP contribution is -2.30. The highest BCUT2D eigenvalue weighted by Crippen LogP contribution is 2.16. The molecule has 2 heterocycles. The van der Waals surface area contributed by atoms with E-state index in [2.05, 4.69) is 15.3 Å². The van der Waals surface area contributed by atoms with Crippen molar-refractivity contribution >= 4 is 33.3 Å². The first-order chi connectivity index (χ1) is 9.15. The van der Waals surface area contributed by atoms with E-state index < -0.39 is 9.84 Å². The summed E-state index contributed by atoms with van der Waals surface area (Å²) in [4.78, 5) is 8.37. The number of para-hydroxylation sites is 2. The molecule has 5 nitrogen and oxygen atoms in total. The number of halogens is 1. The van der Waals surface area contributed by atoms with Gasteiger partial charge in [-0.25, -0.2) is 13.4 Å². The summed E-state index contributed by atoms with van der Waals surface area (Å²) in [6, 6.07) is 7.31. The average Bonchev–Trinajstić information content (AvgIpc) is 2.90. The number of aromatic nitrogens is 2. The van der Waals surface area contributed by atoms with Crippen molar-refractivity contribution in [2.75, 3.05) is 12.3 Å². The van der Waals surface area contributed by atoms with E-state index >= 15 is 0 Å². The van der Waals surface area contributed by atoms with Crippen LogP contribution < -0.4 is 5.32 Å². The molecule has 20 heavy (non-hydrogen) atoms. The van der Waals surface area contributed by atoms with Gasteiger partial charge in [-0.3, -0.25) is 4.98 Å². The minimum absolute atomic E-state index is 0. The van der Waals surface area contributed by atoms with Crippen LogP contribution in [0.25, 0.3) is 11.0 Å². The number of rotatable bonds is 3. The highest BCUT2D eigenvalue weighted by molar-refractivity contribution is 7.91. The third-order valence-corrected chi connectivity index (χ3v) is 5.00. The summed E-state index contributed by atoms with van der Waals surface area (Å²) < 4.78 is 24.6. The van der Waals surface area contributed by atoms with Crippen molar-refractivity contribution in [3.05, 3.63) is 30.5 Å². The van der Waals surface area contributed by atoms with Crippen LogP contribution in [0, 0.1) is 0 Å². The van der Waals surface area contributed by atoms with Crippen LogP contribution in [0.3, 0.4) is 0 Å². The maximum absolute atomic E-state index is 12.3. The zero-order valence-corrected chi connectivity index (χ0v) is 12.5. The minimum Gasteiger partial charge on any atom is -0.313 e. The van der Waals surface area contributed by atoms with Crippen molar-refractivity contribution in [3.63, 3.8) is 0 Å². The predicted octanol–water partition coefficient (Wildman–Crippen LogP) is 1.58. The summed E-state index contributed by atoms with van der Waals surface area (Å²) in [6.07, 6.45) is 3.29. The Kier molecular flexibility index (Phi) is 4.57. The number of sulfone groups is 1. The van der Waals surface area contributed by atoms with Gasteiger partial charge in [-0.05, 0) is 31.5 Å². The Morgan fingerprint density at radius 1 is 1.25 bits per heavy atom. The molecule has 0 aliphatic carbocycles. The van der Waals surface area contributed by atoms with Crippen molar-refractivity contribution in [2.24, 2.45) is 0 Å². The molecule has 0 bridgehead atoms. The van der Waals surface area contributed by atoms with Crippen LogP contribution in [0.2, 0.25) is 0 Å². The number of hydrogen-bond donors (Lipinski definition) is 1. The van der Waals surface area contributed by atoms with E-state index in [0.29, 0.717) is 11.0 Å². The van der Waals surface area contributed by atoms with Crippen molar-refractivity contribution in [2.45, 2.75) is 23.9 Å². The molecule has 1 atom stereocenters. The van der Waals surface area contributed by atoms with Gasteiger partial charge in [0, 0.05) is 6.04 Å². The summed E-state index contributed by atoms with van der Waals surface area (Å²) in [7, 11) is -3.37. The van der Waals surface area contributed by atoms with Crippen LogP contribution in [0.1, 0.15) is 12.8 Å². The van der Waals surface area contributed by atoms with Gasteiger partial charge in [-0.2, -0.15) is 0 Å². The molecule has 1 N–H and O–H groups in total. The summed E-state index contributed by atoms with van der Waals surface area (Å²) in [5.74, 6) is 0.0972. The molecule has 2 aromatic rings. The molecule has 0 saturated carbocycles. The fraction of sp³-hybridized carbons (Fsp3) is 0.385. The number of benzene rings is 1. The first kappa shape index (κ1) is 15.2. The average molecular weight is 314 g/mol. The Labute approximate surface area is 124 Å². The maximum atomic E-state index is 12.3. The highest BCUT2D eigenvalue weighted by atomic mass is 35.5. The predicted molar refractivity (Wildman–Crippen MR) is 79.9 cm³/mol. The lowest BCUT2D eigenvalue weighted by molar-refractivity contribution is 0.573. The number of hydrogen-bond acceptors (Lipinski definition) is 5. The minimum atomic E-state index is -3.37. The molecule has 7 heteroatoms. The quantitative estimate of drug-likeness (QED) is 0.931. The third-order valence-electron chi connectivity index (χ3n) is 3.33. The zero-order chi connectivity index (χ0) is 13.3. The monoisotopic (exact) mass is 313 g/mol. The van der Waals surface area contributed by atoms with E-state index in [1.807, 2.05) is 18.2 Å². The van der Waals surface area contributed by atoms with Gasteiger partial charge < -0.3 is 5.32 Å². The van der Waals surface area contributed by atoms with Crippen molar-refractivity contribution < 1.29 is 8.42 Å². The van der Waals surface area contributed by atoms with Crippen LogP contribution in [0.4, 0.5) is 0 Å². The van der Waals surface area contributed by atoms with Gasteiger partial charge in [-0.15, -0.1) is 12.4 Å². The second-order valence-corrected chi connectivity index (χ2v) is 6.75. The smallest absolute Gasteiger partial charge is 0.198 e. The zero-order valence-electron chi connectivity index (χ0n) is 10.8. The van der Waals surface area contributed by atoms with Gasteiger partial charge in [0.05, 0.1) is 23.0 Å². The third kappa shape index (κ3) is 3.08. The van der Waals surface area contributed by atoms with E-state index in [0.717, 1.165) is 19.4 Å². The Hall–Kier alpha value is -1.24. The van der Waals surface area contributed by atoms with Gasteiger partial charge in [0.15, 0.2) is 14.9 Å². The van der Waals surface area contributed by atoms with Gasteiger partial charge in [0.25, 0.3) is 0 Å². The summed E-state index contributed by atoms with van der Waals surface area (Å²) in [5, 5.41) is 3.26. The summed E-state index contributed by atoms with van der Waals surface area (Å²) >= 11 is 0. The molecule has 1 aromatic carbocycles. The van der Waals surface area contributed by atoms with Crippen molar-refractivity contribution in [1.29, 1.82) is 0 Å². The maximum Gasteiger partial charge on any atom is 0.198 e. The van der Waals surface area contributed by atoms with E-state index in [-0.39, 0.29) is 29.2 Å². The molecule has 1 saturated heterocycles. The second kappa shape index (κ2) is 6.03.